The van der Waals surface area contributed by atoms with Gasteiger partial charge in [0.25, 0.3) is 5.91 Å². The fraction of sp³-hybridized carbons (Fsp3) is 0.357. The Morgan fingerprint density at radius 2 is 2.11 bits per heavy atom. The van der Waals surface area contributed by atoms with Crippen LogP contribution >= 0.6 is 22.9 Å². The number of carbonyl (C=O) groups excluding carboxylic acids is 1. The van der Waals surface area contributed by atoms with E-state index >= 15 is 0 Å². The third-order valence-electron chi connectivity index (χ3n) is 2.90. The Morgan fingerprint density at radius 1 is 1.42 bits per heavy atom. The SMILES string of the molecule is CC(C)(CO)CNC(=O)c1sc2ccccc2c1Cl. The van der Waals surface area contributed by atoms with E-state index in [4.69, 9.17) is 11.6 Å². The summed E-state index contributed by atoms with van der Waals surface area (Å²) in [6.07, 6.45) is 0. The molecule has 0 unspecified atom stereocenters. The molecule has 0 bridgehead atoms. The fourth-order valence-corrected chi connectivity index (χ4v) is 3.05. The molecule has 0 aliphatic heterocycles. The standard InChI is InChI=1S/C14H16ClNO2S/c1-14(2,8-17)7-16-13(18)12-11(15)9-5-3-4-6-10(9)19-12/h3-6,17H,7-8H2,1-2H3,(H,16,18). The van der Waals surface area contributed by atoms with Crippen molar-refractivity contribution in [2.75, 3.05) is 13.2 Å². The summed E-state index contributed by atoms with van der Waals surface area (Å²) in [7, 11) is 0. The number of rotatable bonds is 4. The van der Waals surface area contributed by atoms with Crippen LogP contribution in [0, 0.1) is 5.41 Å². The van der Waals surface area contributed by atoms with Crippen molar-refractivity contribution in [3.63, 3.8) is 0 Å². The van der Waals surface area contributed by atoms with Gasteiger partial charge in [0.15, 0.2) is 0 Å². The lowest BCUT2D eigenvalue weighted by Gasteiger charge is -2.21. The van der Waals surface area contributed by atoms with E-state index in [2.05, 4.69) is 5.32 Å². The Hall–Kier alpha value is -1.10. The van der Waals surface area contributed by atoms with Crippen LogP contribution in [-0.2, 0) is 0 Å². The second-order valence-corrected chi connectivity index (χ2v) is 6.68. The van der Waals surface area contributed by atoms with E-state index in [-0.39, 0.29) is 17.9 Å². The summed E-state index contributed by atoms with van der Waals surface area (Å²) in [5, 5.41) is 13.4. The zero-order chi connectivity index (χ0) is 14.0. The topological polar surface area (TPSA) is 49.3 Å². The van der Waals surface area contributed by atoms with E-state index in [9.17, 15) is 9.90 Å². The summed E-state index contributed by atoms with van der Waals surface area (Å²) in [6, 6.07) is 7.67. The van der Waals surface area contributed by atoms with Crippen LogP contribution in [0.4, 0.5) is 0 Å². The Bertz CT molecular complexity index is 607. The van der Waals surface area contributed by atoms with Gasteiger partial charge in [-0.05, 0) is 6.07 Å². The third-order valence-corrected chi connectivity index (χ3v) is 4.57. The number of hydrogen-bond donors (Lipinski definition) is 2. The predicted molar refractivity (Wildman–Crippen MR) is 80.0 cm³/mol. The minimum atomic E-state index is -0.335. The zero-order valence-electron chi connectivity index (χ0n) is 10.9. The van der Waals surface area contributed by atoms with E-state index in [1.807, 2.05) is 38.1 Å². The maximum atomic E-state index is 12.1. The molecule has 2 N–H and O–H groups in total. The van der Waals surface area contributed by atoms with Crippen LogP contribution in [0.15, 0.2) is 24.3 Å². The third kappa shape index (κ3) is 3.08. The molecule has 0 radical (unpaired) electrons. The minimum Gasteiger partial charge on any atom is -0.396 e. The van der Waals surface area contributed by atoms with Gasteiger partial charge in [0.05, 0.1) is 5.02 Å². The van der Waals surface area contributed by atoms with Gasteiger partial charge in [0.1, 0.15) is 4.88 Å². The average Bonchev–Trinajstić information content (AvgIpc) is 2.74. The highest BCUT2D eigenvalue weighted by molar-refractivity contribution is 7.21. The number of halogens is 1. The Kier molecular flexibility index (Phi) is 4.13. The van der Waals surface area contributed by atoms with Crippen molar-refractivity contribution in [1.29, 1.82) is 0 Å². The molecule has 1 aromatic heterocycles. The molecule has 102 valence electrons. The van der Waals surface area contributed by atoms with E-state index in [1.165, 1.54) is 11.3 Å². The molecule has 0 saturated heterocycles. The van der Waals surface area contributed by atoms with Gasteiger partial charge in [0.2, 0.25) is 0 Å². The molecule has 3 nitrogen and oxygen atoms in total. The van der Waals surface area contributed by atoms with Gasteiger partial charge in [-0.2, -0.15) is 0 Å². The Balaban J connectivity index is 2.20. The molecule has 0 saturated carbocycles. The van der Waals surface area contributed by atoms with Crippen LogP contribution in [0.1, 0.15) is 23.5 Å². The van der Waals surface area contributed by atoms with Crippen molar-refractivity contribution in [3.8, 4) is 0 Å². The van der Waals surface area contributed by atoms with Gasteiger partial charge in [-0.1, -0.05) is 43.6 Å². The van der Waals surface area contributed by atoms with Crippen LogP contribution in [-0.4, -0.2) is 24.2 Å². The highest BCUT2D eigenvalue weighted by atomic mass is 35.5. The second-order valence-electron chi connectivity index (χ2n) is 5.25. The molecule has 5 heteroatoms. The number of carbonyl (C=O) groups is 1. The molecule has 0 aliphatic rings. The lowest BCUT2D eigenvalue weighted by molar-refractivity contribution is 0.0915. The number of thiophene rings is 1. The number of amides is 1. The summed E-state index contributed by atoms with van der Waals surface area (Å²) in [6.45, 7) is 4.21. The molecule has 19 heavy (non-hydrogen) atoms. The van der Waals surface area contributed by atoms with Crippen LogP contribution in [0.5, 0.6) is 0 Å². The highest BCUT2D eigenvalue weighted by Gasteiger charge is 2.21. The first-order valence-electron chi connectivity index (χ1n) is 6.01. The molecule has 0 spiro atoms. The van der Waals surface area contributed by atoms with Crippen molar-refractivity contribution in [1.82, 2.24) is 5.32 Å². The molecule has 2 rings (SSSR count). The van der Waals surface area contributed by atoms with Crippen LogP contribution in [0.2, 0.25) is 5.02 Å². The van der Waals surface area contributed by atoms with Crippen molar-refractivity contribution in [3.05, 3.63) is 34.2 Å². The van der Waals surface area contributed by atoms with Crippen molar-refractivity contribution >= 4 is 38.9 Å². The smallest absolute Gasteiger partial charge is 0.262 e. The number of benzene rings is 1. The fourth-order valence-electron chi connectivity index (χ4n) is 1.62. The normalized spacial score (nSPS) is 11.8. The Labute approximate surface area is 121 Å². The first-order valence-corrected chi connectivity index (χ1v) is 7.20. The molecule has 1 heterocycles. The van der Waals surface area contributed by atoms with Gasteiger partial charge >= 0.3 is 0 Å². The second kappa shape index (κ2) is 5.49. The van der Waals surface area contributed by atoms with E-state index < -0.39 is 0 Å². The number of nitrogens with one attached hydrogen (secondary N) is 1. The molecule has 0 atom stereocenters. The summed E-state index contributed by atoms with van der Waals surface area (Å²) in [4.78, 5) is 12.7. The number of aliphatic hydroxyl groups is 1. The van der Waals surface area contributed by atoms with Crippen LogP contribution in [0.25, 0.3) is 10.1 Å². The maximum Gasteiger partial charge on any atom is 0.262 e. The van der Waals surface area contributed by atoms with E-state index in [1.54, 1.807) is 0 Å². The number of hydrogen-bond acceptors (Lipinski definition) is 3. The first kappa shape index (κ1) is 14.3. The highest BCUT2D eigenvalue weighted by Crippen LogP contribution is 2.35. The molecule has 2 aromatic rings. The lowest BCUT2D eigenvalue weighted by Crippen LogP contribution is -2.35. The van der Waals surface area contributed by atoms with Crippen molar-refractivity contribution in [2.45, 2.75) is 13.8 Å². The zero-order valence-corrected chi connectivity index (χ0v) is 12.4. The molecule has 0 fully saturated rings. The maximum absolute atomic E-state index is 12.1. The molecule has 1 amide bonds. The summed E-state index contributed by atoms with van der Waals surface area (Å²) >= 11 is 7.62. The molecular weight excluding hydrogens is 282 g/mol. The summed E-state index contributed by atoms with van der Waals surface area (Å²) < 4.78 is 0.999. The minimum absolute atomic E-state index is 0.0213. The predicted octanol–water partition coefficient (Wildman–Crippen LogP) is 3.30. The van der Waals surface area contributed by atoms with Gasteiger partial charge < -0.3 is 10.4 Å². The van der Waals surface area contributed by atoms with E-state index in [0.29, 0.717) is 16.4 Å². The van der Waals surface area contributed by atoms with Gasteiger partial charge in [-0.15, -0.1) is 11.3 Å². The Morgan fingerprint density at radius 3 is 2.74 bits per heavy atom. The molecular formula is C14H16ClNO2S. The largest absolute Gasteiger partial charge is 0.396 e. The first-order chi connectivity index (χ1) is 8.94. The van der Waals surface area contributed by atoms with E-state index in [0.717, 1.165) is 10.1 Å². The molecule has 0 aliphatic carbocycles. The van der Waals surface area contributed by atoms with Crippen LogP contribution < -0.4 is 5.32 Å². The number of fused-ring (bicyclic) bond motifs is 1. The van der Waals surface area contributed by atoms with Gasteiger partial charge in [-0.3, -0.25) is 4.79 Å². The monoisotopic (exact) mass is 297 g/mol. The summed E-state index contributed by atoms with van der Waals surface area (Å²) in [5.74, 6) is -0.187. The lowest BCUT2D eigenvalue weighted by atomic mass is 9.95. The quantitative estimate of drug-likeness (QED) is 0.909. The van der Waals surface area contributed by atoms with Gasteiger partial charge in [0, 0.05) is 28.7 Å². The van der Waals surface area contributed by atoms with Crippen molar-refractivity contribution in [2.24, 2.45) is 5.41 Å². The number of aliphatic hydroxyl groups excluding tert-OH is 1. The average molecular weight is 298 g/mol. The van der Waals surface area contributed by atoms with Crippen LogP contribution in [0.3, 0.4) is 0 Å². The molecule has 1 aromatic carbocycles. The summed E-state index contributed by atoms with van der Waals surface area (Å²) in [5.41, 5.74) is -0.335. The van der Waals surface area contributed by atoms with Crippen molar-refractivity contribution < 1.29 is 9.90 Å². The van der Waals surface area contributed by atoms with Gasteiger partial charge in [-0.25, -0.2) is 0 Å².